The van der Waals surface area contributed by atoms with E-state index in [2.05, 4.69) is 18.2 Å². The zero-order valence-corrected chi connectivity index (χ0v) is 22.8. The van der Waals surface area contributed by atoms with Gasteiger partial charge in [0.05, 0.1) is 23.4 Å². The topological polar surface area (TPSA) is 57.7 Å². The Morgan fingerprint density at radius 2 is 1.87 bits per heavy atom. The third-order valence-corrected chi connectivity index (χ3v) is 7.18. The van der Waals surface area contributed by atoms with E-state index >= 15 is 0 Å². The van der Waals surface area contributed by atoms with Crippen LogP contribution >= 0.6 is 0 Å². The van der Waals surface area contributed by atoms with Gasteiger partial charge in [-0.25, -0.2) is 4.39 Å². The fraction of sp³-hybridized carbons (Fsp3) is 0.438. The van der Waals surface area contributed by atoms with Crippen LogP contribution < -0.4 is 0 Å². The van der Waals surface area contributed by atoms with Crippen LogP contribution in [0.5, 0.6) is 0 Å². The van der Waals surface area contributed by atoms with Crippen molar-refractivity contribution in [2.45, 2.75) is 83.2 Å². The van der Waals surface area contributed by atoms with Crippen LogP contribution in [0.2, 0.25) is 0 Å². The maximum absolute atomic E-state index is 13.9. The lowest BCUT2D eigenvalue weighted by Gasteiger charge is -2.46. The maximum Gasteiger partial charge on any atom is 0.303 e. The molecule has 2 heterocycles. The second-order valence-electron chi connectivity index (χ2n) is 11.6. The number of hydrogen-bond donors (Lipinski definition) is 0. The van der Waals surface area contributed by atoms with E-state index in [1.165, 1.54) is 19.1 Å². The smallest absolute Gasteiger partial charge is 0.303 e. The number of nitrogens with zero attached hydrogens (tertiary/aromatic N) is 1. The summed E-state index contributed by atoms with van der Waals surface area (Å²) in [6.45, 7) is 9.58. The summed E-state index contributed by atoms with van der Waals surface area (Å²) in [6.07, 6.45) is 7.50. The Labute approximate surface area is 224 Å². The summed E-state index contributed by atoms with van der Waals surface area (Å²) >= 11 is 0. The van der Waals surface area contributed by atoms with Gasteiger partial charge in [0.1, 0.15) is 11.4 Å². The van der Waals surface area contributed by atoms with E-state index < -0.39 is 17.0 Å². The lowest BCUT2D eigenvalue weighted by atomic mass is 9.83. The normalized spacial score (nSPS) is 21.6. The molecule has 0 bridgehead atoms. The SMILES string of the molecule is CC(=O)OC(C)(C)CC1(/C=C/c2c(C3CC3)nc3ccccc3c2-c2ccc(F)cc2)CCOC(C)(C)O1. The van der Waals surface area contributed by atoms with Gasteiger partial charge in [-0.3, -0.25) is 9.78 Å². The average Bonchev–Trinajstić information content (AvgIpc) is 3.66. The second kappa shape index (κ2) is 9.90. The number of carbonyl (C=O) groups is 1. The Kier molecular flexibility index (Phi) is 6.91. The highest BCUT2D eigenvalue weighted by Crippen LogP contribution is 2.46. The molecule has 1 saturated heterocycles. The second-order valence-corrected chi connectivity index (χ2v) is 11.6. The molecule has 5 rings (SSSR count). The molecule has 0 radical (unpaired) electrons. The number of pyridine rings is 1. The van der Waals surface area contributed by atoms with Crippen molar-refractivity contribution < 1.29 is 23.4 Å². The van der Waals surface area contributed by atoms with Gasteiger partial charge >= 0.3 is 5.97 Å². The molecule has 1 aliphatic heterocycles. The van der Waals surface area contributed by atoms with Crippen LogP contribution in [-0.2, 0) is 19.0 Å². The summed E-state index contributed by atoms with van der Waals surface area (Å²) in [5, 5.41) is 1.02. The van der Waals surface area contributed by atoms with Crippen molar-refractivity contribution >= 4 is 22.9 Å². The first-order valence-corrected chi connectivity index (χ1v) is 13.4. The van der Waals surface area contributed by atoms with Crippen LogP contribution in [0.15, 0.2) is 54.6 Å². The highest BCUT2D eigenvalue weighted by molar-refractivity contribution is 5.99. The molecule has 0 spiro atoms. The number of benzene rings is 2. The predicted molar refractivity (Wildman–Crippen MR) is 147 cm³/mol. The number of fused-ring (bicyclic) bond motifs is 1. The molecule has 1 aliphatic carbocycles. The van der Waals surface area contributed by atoms with Gasteiger partial charge in [-0.1, -0.05) is 42.5 Å². The molecule has 1 unspecified atom stereocenters. The van der Waals surface area contributed by atoms with Gasteiger partial charge in [0.15, 0.2) is 5.79 Å². The van der Waals surface area contributed by atoms with Gasteiger partial charge in [0, 0.05) is 42.2 Å². The van der Waals surface area contributed by atoms with Gasteiger partial charge < -0.3 is 14.2 Å². The lowest BCUT2D eigenvalue weighted by molar-refractivity contribution is -0.304. The van der Waals surface area contributed by atoms with Crippen LogP contribution in [0, 0.1) is 5.82 Å². The monoisotopic (exact) mass is 517 g/mol. The molecule has 2 fully saturated rings. The van der Waals surface area contributed by atoms with Crippen LogP contribution in [-0.4, -0.2) is 34.5 Å². The Morgan fingerprint density at radius 3 is 2.53 bits per heavy atom. The molecule has 1 saturated carbocycles. The van der Waals surface area contributed by atoms with Crippen molar-refractivity contribution in [1.82, 2.24) is 4.98 Å². The minimum Gasteiger partial charge on any atom is -0.460 e. The third kappa shape index (κ3) is 5.82. The molecule has 2 aliphatic rings. The molecule has 5 nitrogen and oxygen atoms in total. The zero-order chi connectivity index (χ0) is 27.1. The first kappa shape index (κ1) is 26.5. The van der Waals surface area contributed by atoms with Crippen LogP contribution in [0.3, 0.4) is 0 Å². The van der Waals surface area contributed by atoms with Crippen LogP contribution in [0.1, 0.15) is 77.5 Å². The van der Waals surface area contributed by atoms with Gasteiger partial charge in [-0.15, -0.1) is 0 Å². The summed E-state index contributed by atoms with van der Waals surface area (Å²) in [7, 11) is 0. The summed E-state index contributed by atoms with van der Waals surface area (Å²) in [4.78, 5) is 17.0. The third-order valence-electron chi connectivity index (χ3n) is 7.18. The number of hydrogen-bond acceptors (Lipinski definition) is 5. The van der Waals surface area contributed by atoms with Crippen molar-refractivity contribution in [2.24, 2.45) is 0 Å². The zero-order valence-electron chi connectivity index (χ0n) is 22.8. The molecule has 0 amide bonds. The van der Waals surface area contributed by atoms with E-state index in [4.69, 9.17) is 19.2 Å². The van der Waals surface area contributed by atoms with E-state index in [1.54, 1.807) is 0 Å². The first-order valence-electron chi connectivity index (χ1n) is 13.4. The number of rotatable bonds is 7. The number of para-hydroxylation sites is 1. The average molecular weight is 518 g/mol. The van der Waals surface area contributed by atoms with Crippen molar-refractivity contribution in [1.29, 1.82) is 0 Å². The standard InChI is InChI=1S/C32H36FNO4/c1-21(35)37-30(2,3)20-32(18-19-36-31(4,5)38-32)17-16-26-28(22-12-14-24(33)15-13-22)25-8-6-7-9-27(25)34-29(26)23-10-11-23/h6-9,12-17,23H,10-11,18-20H2,1-5H3/b17-16+. The predicted octanol–water partition coefficient (Wildman–Crippen LogP) is 7.58. The fourth-order valence-corrected chi connectivity index (χ4v) is 5.73. The van der Waals surface area contributed by atoms with Gasteiger partial charge in [-0.05, 0) is 64.3 Å². The number of aromatic nitrogens is 1. The number of halogens is 1. The summed E-state index contributed by atoms with van der Waals surface area (Å²) < 4.78 is 32.1. The number of ether oxygens (including phenoxy) is 3. The van der Waals surface area contributed by atoms with E-state index in [9.17, 15) is 9.18 Å². The molecule has 1 atom stereocenters. The molecule has 38 heavy (non-hydrogen) atoms. The van der Waals surface area contributed by atoms with Crippen LogP contribution in [0.4, 0.5) is 4.39 Å². The highest BCUT2D eigenvalue weighted by Gasteiger charge is 2.44. The van der Waals surface area contributed by atoms with E-state index in [1.807, 2.05) is 58.0 Å². The molecule has 3 aromatic rings. The molecule has 1 aromatic heterocycles. The summed E-state index contributed by atoms with van der Waals surface area (Å²) in [5.74, 6) is -1.00. The van der Waals surface area contributed by atoms with Gasteiger partial charge in [0.2, 0.25) is 0 Å². The minimum absolute atomic E-state index is 0.267. The Morgan fingerprint density at radius 1 is 1.16 bits per heavy atom. The Balaban J connectivity index is 1.68. The maximum atomic E-state index is 13.9. The van der Waals surface area contributed by atoms with Crippen molar-refractivity contribution in [2.75, 3.05) is 6.61 Å². The van der Waals surface area contributed by atoms with Gasteiger partial charge in [-0.2, -0.15) is 0 Å². The lowest BCUT2D eigenvalue weighted by Crippen LogP contribution is -2.51. The van der Waals surface area contributed by atoms with Gasteiger partial charge in [0.25, 0.3) is 0 Å². The molecule has 6 heteroatoms. The molecule has 2 aromatic carbocycles. The molecule has 200 valence electrons. The van der Waals surface area contributed by atoms with Crippen molar-refractivity contribution in [3.8, 4) is 11.1 Å². The fourth-order valence-electron chi connectivity index (χ4n) is 5.73. The first-order chi connectivity index (χ1) is 18.0. The Hall–Kier alpha value is -3.09. The van der Waals surface area contributed by atoms with E-state index in [0.717, 1.165) is 46.1 Å². The number of carbonyl (C=O) groups excluding carboxylic acids is 1. The summed E-state index contributed by atoms with van der Waals surface area (Å²) in [5.41, 5.74) is 3.51. The quantitative estimate of drug-likeness (QED) is 0.303. The van der Waals surface area contributed by atoms with Crippen LogP contribution in [0.25, 0.3) is 28.1 Å². The highest BCUT2D eigenvalue weighted by atomic mass is 19.1. The summed E-state index contributed by atoms with van der Waals surface area (Å²) in [6, 6.07) is 14.8. The van der Waals surface area contributed by atoms with Crippen molar-refractivity contribution in [3.63, 3.8) is 0 Å². The largest absolute Gasteiger partial charge is 0.460 e. The van der Waals surface area contributed by atoms with Crippen molar-refractivity contribution in [3.05, 3.63) is 71.7 Å². The minimum atomic E-state index is -0.796. The molecular formula is C32H36FNO4. The number of esters is 1. The Bertz CT molecular complexity index is 1370. The van der Waals surface area contributed by atoms with E-state index in [-0.39, 0.29) is 11.8 Å². The molecular weight excluding hydrogens is 481 g/mol. The molecule has 0 N–H and O–H groups in total. The van der Waals surface area contributed by atoms with E-state index in [0.29, 0.717) is 25.4 Å².